The molecule has 0 radical (unpaired) electrons. The van der Waals surface area contributed by atoms with Gasteiger partial charge >= 0.3 is 0 Å². The molecule has 1 N–H and O–H groups in total. The Labute approximate surface area is 103 Å². The van der Waals surface area contributed by atoms with Gasteiger partial charge < -0.3 is 5.32 Å². The first-order chi connectivity index (χ1) is 7.84. The second-order valence-corrected chi connectivity index (χ2v) is 4.31. The fraction of sp³-hybridized carbons (Fsp3) is 0.167. The number of rotatable bonds is 4. The number of nitrogens with one attached hydrogen (secondary N) is 1. The molecular formula is C12H12BrN3. The highest BCUT2D eigenvalue weighted by molar-refractivity contribution is 9.10. The SMILES string of the molecule is Brc1cncc(NCCc2ccccn2)c1. The maximum atomic E-state index is 4.26. The molecule has 0 aromatic carbocycles. The van der Waals surface area contributed by atoms with Crippen LogP contribution in [0.25, 0.3) is 0 Å². The molecule has 0 saturated carbocycles. The number of hydrogen-bond donors (Lipinski definition) is 1. The van der Waals surface area contributed by atoms with Crippen molar-refractivity contribution in [2.45, 2.75) is 6.42 Å². The minimum absolute atomic E-state index is 0.856. The number of hydrogen-bond acceptors (Lipinski definition) is 3. The second-order valence-electron chi connectivity index (χ2n) is 3.39. The lowest BCUT2D eigenvalue weighted by Crippen LogP contribution is -2.05. The number of halogens is 1. The maximum absolute atomic E-state index is 4.26. The first kappa shape index (κ1) is 11.1. The van der Waals surface area contributed by atoms with Gasteiger partial charge in [0, 0.05) is 35.5 Å². The van der Waals surface area contributed by atoms with E-state index in [4.69, 9.17) is 0 Å². The van der Waals surface area contributed by atoms with E-state index in [9.17, 15) is 0 Å². The van der Waals surface area contributed by atoms with Crippen molar-refractivity contribution in [2.75, 3.05) is 11.9 Å². The van der Waals surface area contributed by atoms with Crippen molar-refractivity contribution < 1.29 is 0 Å². The zero-order chi connectivity index (χ0) is 11.2. The summed E-state index contributed by atoms with van der Waals surface area (Å²) in [6.45, 7) is 0.856. The van der Waals surface area contributed by atoms with Crippen molar-refractivity contribution >= 4 is 21.6 Å². The van der Waals surface area contributed by atoms with Gasteiger partial charge in [0.15, 0.2) is 0 Å². The zero-order valence-corrected chi connectivity index (χ0v) is 10.3. The Balaban J connectivity index is 1.85. The third-order valence-corrected chi connectivity index (χ3v) is 2.57. The highest BCUT2D eigenvalue weighted by atomic mass is 79.9. The van der Waals surface area contributed by atoms with Crippen LogP contribution in [0.4, 0.5) is 5.69 Å². The van der Waals surface area contributed by atoms with Gasteiger partial charge in [0.25, 0.3) is 0 Å². The van der Waals surface area contributed by atoms with E-state index in [1.54, 1.807) is 6.20 Å². The lowest BCUT2D eigenvalue weighted by molar-refractivity contribution is 0.960. The number of anilines is 1. The summed E-state index contributed by atoms with van der Waals surface area (Å²) in [5.74, 6) is 0. The zero-order valence-electron chi connectivity index (χ0n) is 8.73. The molecular weight excluding hydrogens is 266 g/mol. The Morgan fingerprint density at radius 1 is 1.25 bits per heavy atom. The van der Waals surface area contributed by atoms with Crippen molar-refractivity contribution in [3.8, 4) is 0 Å². The van der Waals surface area contributed by atoms with Crippen molar-refractivity contribution in [3.63, 3.8) is 0 Å². The molecule has 0 aliphatic rings. The van der Waals surface area contributed by atoms with Crippen molar-refractivity contribution in [1.82, 2.24) is 9.97 Å². The fourth-order valence-corrected chi connectivity index (χ4v) is 1.75. The predicted molar refractivity (Wildman–Crippen MR) is 68.4 cm³/mol. The first-order valence-corrected chi connectivity index (χ1v) is 5.88. The van der Waals surface area contributed by atoms with E-state index in [0.29, 0.717) is 0 Å². The molecule has 2 heterocycles. The molecule has 0 fully saturated rings. The maximum Gasteiger partial charge on any atom is 0.0538 e. The van der Waals surface area contributed by atoms with Crippen LogP contribution in [0.1, 0.15) is 5.69 Å². The van der Waals surface area contributed by atoms with E-state index < -0.39 is 0 Å². The normalized spacial score (nSPS) is 10.1. The molecule has 82 valence electrons. The van der Waals surface area contributed by atoms with Crippen LogP contribution in [0.2, 0.25) is 0 Å². The van der Waals surface area contributed by atoms with Crippen LogP contribution >= 0.6 is 15.9 Å². The van der Waals surface area contributed by atoms with E-state index >= 15 is 0 Å². The van der Waals surface area contributed by atoms with Gasteiger partial charge in [-0.05, 0) is 34.1 Å². The summed E-state index contributed by atoms with van der Waals surface area (Å²) in [5.41, 5.74) is 2.11. The minimum Gasteiger partial charge on any atom is -0.383 e. The summed E-state index contributed by atoms with van der Waals surface area (Å²) >= 11 is 3.38. The van der Waals surface area contributed by atoms with E-state index in [1.807, 2.05) is 36.7 Å². The van der Waals surface area contributed by atoms with Crippen LogP contribution in [0.3, 0.4) is 0 Å². The van der Waals surface area contributed by atoms with Crippen LogP contribution in [0, 0.1) is 0 Å². The van der Waals surface area contributed by atoms with E-state index in [-0.39, 0.29) is 0 Å². The second kappa shape index (κ2) is 5.61. The largest absolute Gasteiger partial charge is 0.383 e. The molecule has 4 heteroatoms. The molecule has 2 rings (SSSR count). The molecule has 0 spiro atoms. The van der Waals surface area contributed by atoms with Gasteiger partial charge in [-0.1, -0.05) is 6.07 Å². The smallest absolute Gasteiger partial charge is 0.0538 e. The van der Waals surface area contributed by atoms with E-state index in [2.05, 4.69) is 31.2 Å². The fourth-order valence-electron chi connectivity index (χ4n) is 1.39. The number of aromatic nitrogens is 2. The molecule has 2 aromatic heterocycles. The molecule has 3 nitrogen and oxygen atoms in total. The average Bonchev–Trinajstić information content (AvgIpc) is 2.30. The van der Waals surface area contributed by atoms with Gasteiger partial charge in [-0.3, -0.25) is 9.97 Å². The molecule has 0 aliphatic carbocycles. The van der Waals surface area contributed by atoms with Crippen molar-refractivity contribution in [3.05, 3.63) is 53.0 Å². The Hall–Kier alpha value is -1.42. The third kappa shape index (κ3) is 3.31. The summed E-state index contributed by atoms with van der Waals surface area (Å²) in [7, 11) is 0. The van der Waals surface area contributed by atoms with Crippen LogP contribution in [0.5, 0.6) is 0 Å². The Morgan fingerprint density at radius 3 is 2.94 bits per heavy atom. The minimum atomic E-state index is 0.856. The Morgan fingerprint density at radius 2 is 2.19 bits per heavy atom. The van der Waals surface area contributed by atoms with Crippen LogP contribution in [-0.4, -0.2) is 16.5 Å². The van der Waals surface area contributed by atoms with Gasteiger partial charge in [0.1, 0.15) is 0 Å². The van der Waals surface area contributed by atoms with Gasteiger partial charge in [-0.15, -0.1) is 0 Å². The monoisotopic (exact) mass is 277 g/mol. The standard InChI is InChI=1S/C12H12BrN3/c13-10-7-12(9-14-8-10)16-6-4-11-3-1-2-5-15-11/h1-3,5,7-9,16H,4,6H2. The number of pyridine rings is 2. The van der Waals surface area contributed by atoms with E-state index in [0.717, 1.165) is 28.8 Å². The van der Waals surface area contributed by atoms with Crippen molar-refractivity contribution in [1.29, 1.82) is 0 Å². The first-order valence-electron chi connectivity index (χ1n) is 5.09. The van der Waals surface area contributed by atoms with Crippen LogP contribution in [-0.2, 0) is 6.42 Å². The lowest BCUT2D eigenvalue weighted by Gasteiger charge is -2.05. The topological polar surface area (TPSA) is 37.8 Å². The quantitative estimate of drug-likeness (QED) is 0.934. The lowest BCUT2D eigenvalue weighted by atomic mass is 10.2. The molecule has 0 atom stereocenters. The molecule has 16 heavy (non-hydrogen) atoms. The van der Waals surface area contributed by atoms with Crippen molar-refractivity contribution in [2.24, 2.45) is 0 Å². The predicted octanol–water partition coefficient (Wildman–Crippen LogP) is 2.89. The molecule has 0 aliphatic heterocycles. The molecule has 0 unspecified atom stereocenters. The molecule has 0 amide bonds. The summed E-state index contributed by atoms with van der Waals surface area (Å²) in [5, 5.41) is 3.30. The molecule has 0 saturated heterocycles. The van der Waals surface area contributed by atoms with Gasteiger partial charge in [-0.2, -0.15) is 0 Å². The number of nitrogens with zero attached hydrogens (tertiary/aromatic N) is 2. The van der Waals surface area contributed by atoms with Gasteiger partial charge in [0.2, 0.25) is 0 Å². The highest BCUT2D eigenvalue weighted by Gasteiger charge is 1.95. The van der Waals surface area contributed by atoms with Crippen LogP contribution < -0.4 is 5.32 Å². The molecule has 2 aromatic rings. The van der Waals surface area contributed by atoms with Crippen LogP contribution in [0.15, 0.2) is 47.3 Å². The summed E-state index contributed by atoms with van der Waals surface area (Å²) < 4.78 is 0.982. The highest BCUT2D eigenvalue weighted by Crippen LogP contribution is 2.13. The summed E-state index contributed by atoms with van der Waals surface area (Å²) in [6.07, 6.45) is 6.30. The third-order valence-electron chi connectivity index (χ3n) is 2.14. The summed E-state index contributed by atoms with van der Waals surface area (Å²) in [4.78, 5) is 8.35. The van der Waals surface area contributed by atoms with Gasteiger partial charge in [-0.25, -0.2) is 0 Å². The van der Waals surface area contributed by atoms with E-state index in [1.165, 1.54) is 0 Å². The van der Waals surface area contributed by atoms with Gasteiger partial charge in [0.05, 0.1) is 11.9 Å². The molecule has 0 bridgehead atoms. The average molecular weight is 278 g/mol. The Kier molecular flexibility index (Phi) is 3.88. The summed E-state index contributed by atoms with van der Waals surface area (Å²) in [6, 6.07) is 7.96. The Bertz CT molecular complexity index is 445.